The van der Waals surface area contributed by atoms with Crippen molar-refractivity contribution in [3.05, 3.63) is 22.7 Å². The molecule has 0 aliphatic heterocycles. The van der Waals surface area contributed by atoms with Gasteiger partial charge in [-0.05, 0) is 24.6 Å². The van der Waals surface area contributed by atoms with Crippen molar-refractivity contribution in [1.29, 1.82) is 0 Å². The molecule has 0 heterocycles. The number of nitrogens with zero attached hydrogens (tertiary/aromatic N) is 1. The van der Waals surface area contributed by atoms with Gasteiger partial charge in [-0.1, -0.05) is 25.4 Å². The molecule has 2 N–H and O–H groups in total. The number of benzene rings is 1. The third kappa shape index (κ3) is 2.73. The zero-order chi connectivity index (χ0) is 13.2. The van der Waals surface area contributed by atoms with Crippen LogP contribution in [-0.2, 0) is 10.0 Å². The molecule has 0 aliphatic carbocycles. The van der Waals surface area contributed by atoms with Crippen molar-refractivity contribution in [3.8, 4) is 0 Å². The Kier molecular flexibility index (Phi) is 4.41. The summed E-state index contributed by atoms with van der Waals surface area (Å²) in [5.41, 5.74) is 6.54. The summed E-state index contributed by atoms with van der Waals surface area (Å²) in [5, 5.41) is 0.376. The minimum absolute atomic E-state index is 0.225. The summed E-state index contributed by atoms with van der Waals surface area (Å²) in [7, 11) is -3.48. The van der Waals surface area contributed by atoms with Crippen LogP contribution in [0.2, 0.25) is 5.02 Å². The van der Waals surface area contributed by atoms with Crippen molar-refractivity contribution in [1.82, 2.24) is 4.31 Å². The normalized spacial score (nSPS) is 12.1. The average Bonchev–Trinajstić information content (AvgIpc) is 2.24. The molecule has 1 aromatic rings. The average molecular weight is 277 g/mol. The molecule has 96 valence electrons. The van der Waals surface area contributed by atoms with E-state index in [1.54, 1.807) is 26.8 Å². The highest BCUT2D eigenvalue weighted by atomic mass is 35.5. The minimum Gasteiger partial charge on any atom is -0.397 e. The molecule has 0 saturated heterocycles. The Morgan fingerprint density at radius 3 is 2.29 bits per heavy atom. The molecule has 6 heteroatoms. The number of halogens is 1. The Bertz CT molecular complexity index is 510. The van der Waals surface area contributed by atoms with Gasteiger partial charge in [0.15, 0.2) is 0 Å². The van der Waals surface area contributed by atoms with Crippen LogP contribution in [0.15, 0.2) is 17.0 Å². The van der Waals surface area contributed by atoms with E-state index in [4.69, 9.17) is 17.3 Å². The van der Waals surface area contributed by atoms with Crippen molar-refractivity contribution < 1.29 is 8.42 Å². The van der Waals surface area contributed by atoms with Crippen LogP contribution in [0.1, 0.15) is 19.4 Å². The fraction of sp³-hybridized carbons (Fsp3) is 0.455. The number of nitrogens with two attached hydrogens (primary N) is 1. The van der Waals surface area contributed by atoms with E-state index in [0.29, 0.717) is 23.7 Å². The maximum absolute atomic E-state index is 12.3. The highest BCUT2D eigenvalue weighted by Crippen LogP contribution is 2.28. The van der Waals surface area contributed by atoms with Gasteiger partial charge >= 0.3 is 0 Å². The lowest BCUT2D eigenvalue weighted by molar-refractivity contribution is 0.445. The van der Waals surface area contributed by atoms with E-state index in [9.17, 15) is 8.42 Å². The minimum atomic E-state index is -3.48. The molecule has 0 aliphatic rings. The third-order valence-corrected chi connectivity index (χ3v) is 5.14. The maximum Gasteiger partial charge on any atom is 0.243 e. The van der Waals surface area contributed by atoms with Gasteiger partial charge < -0.3 is 5.73 Å². The van der Waals surface area contributed by atoms with Gasteiger partial charge in [0.2, 0.25) is 10.0 Å². The summed E-state index contributed by atoms with van der Waals surface area (Å²) in [5.74, 6) is 0. The Morgan fingerprint density at radius 1 is 1.29 bits per heavy atom. The number of sulfonamides is 1. The number of anilines is 1. The van der Waals surface area contributed by atoms with Gasteiger partial charge in [0.1, 0.15) is 0 Å². The lowest BCUT2D eigenvalue weighted by Crippen LogP contribution is -2.31. The highest BCUT2D eigenvalue weighted by Gasteiger charge is 2.24. The van der Waals surface area contributed by atoms with E-state index in [-0.39, 0.29) is 10.6 Å². The first-order valence-corrected chi connectivity index (χ1v) is 7.22. The predicted molar refractivity (Wildman–Crippen MR) is 70.7 cm³/mol. The number of rotatable bonds is 4. The molecule has 0 unspecified atom stereocenters. The fourth-order valence-corrected chi connectivity index (χ4v) is 3.57. The van der Waals surface area contributed by atoms with Crippen molar-refractivity contribution in [2.45, 2.75) is 25.7 Å². The van der Waals surface area contributed by atoms with Crippen LogP contribution in [0.3, 0.4) is 0 Å². The molecule has 0 bridgehead atoms. The quantitative estimate of drug-likeness (QED) is 0.858. The van der Waals surface area contributed by atoms with Gasteiger partial charge in [-0.15, -0.1) is 0 Å². The first-order valence-electron chi connectivity index (χ1n) is 5.40. The topological polar surface area (TPSA) is 63.4 Å². The van der Waals surface area contributed by atoms with Crippen LogP contribution < -0.4 is 5.73 Å². The Morgan fingerprint density at radius 2 is 1.82 bits per heavy atom. The van der Waals surface area contributed by atoms with Gasteiger partial charge in [0.05, 0.1) is 15.6 Å². The molecular weight excluding hydrogens is 260 g/mol. The van der Waals surface area contributed by atoms with E-state index >= 15 is 0 Å². The molecule has 0 aromatic heterocycles. The van der Waals surface area contributed by atoms with Crippen molar-refractivity contribution in [2.75, 3.05) is 18.8 Å². The summed E-state index contributed by atoms with van der Waals surface area (Å²) in [6.45, 7) is 6.18. The summed E-state index contributed by atoms with van der Waals surface area (Å²) in [6.07, 6.45) is 0. The van der Waals surface area contributed by atoms with Crippen molar-refractivity contribution >= 4 is 27.3 Å². The maximum atomic E-state index is 12.3. The van der Waals surface area contributed by atoms with Gasteiger partial charge in [0.25, 0.3) is 0 Å². The van der Waals surface area contributed by atoms with Gasteiger partial charge in [-0.3, -0.25) is 0 Å². The SMILES string of the molecule is CCN(CC)S(=O)(=O)c1cc(N)c(Cl)cc1C. The Balaban J connectivity index is 3.38. The lowest BCUT2D eigenvalue weighted by Gasteiger charge is -2.20. The summed E-state index contributed by atoms with van der Waals surface area (Å²) in [6, 6.07) is 3.00. The molecule has 0 atom stereocenters. The standard InChI is InChI=1S/C11H17ClN2O2S/c1-4-14(5-2)17(15,16)11-7-10(13)9(12)6-8(11)3/h6-7H,4-5,13H2,1-3H3. The van der Waals surface area contributed by atoms with Crippen LogP contribution in [0.25, 0.3) is 0 Å². The summed E-state index contributed by atoms with van der Waals surface area (Å²) in [4.78, 5) is 0.225. The van der Waals surface area contributed by atoms with Crippen LogP contribution in [0.4, 0.5) is 5.69 Å². The van der Waals surface area contributed by atoms with Crippen LogP contribution >= 0.6 is 11.6 Å². The fourth-order valence-electron chi connectivity index (χ4n) is 1.65. The second-order valence-electron chi connectivity index (χ2n) is 3.73. The van der Waals surface area contributed by atoms with E-state index in [0.717, 1.165) is 0 Å². The van der Waals surface area contributed by atoms with Gasteiger partial charge in [0, 0.05) is 13.1 Å². The van der Waals surface area contributed by atoms with E-state index in [1.165, 1.54) is 10.4 Å². The van der Waals surface area contributed by atoms with Crippen molar-refractivity contribution in [2.24, 2.45) is 0 Å². The van der Waals surface area contributed by atoms with E-state index < -0.39 is 10.0 Å². The number of nitrogen functional groups attached to an aromatic ring is 1. The molecule has 0 saturated carbocycles. The lowest BCUT2D eigenvalue weighted by atomic mass is 10.2. The molecule has 0 radical (unpaired) electrons. The first kappa shape index (κ1) is 14.3. The molecular formula is C11H17ClN2O2S. The largest absolute Gasteiger partial charge is 0.397 e. The number of hydrogen-bond acceptors (Lipinski definition) is 3. The molecule has 0 fully saturated rings. The molecule has 0 amide bonds. The third-order valence-electron chi connectivity index (χ3n) is 2.62. The smallest absolute Gasteiger partial charge is 0.243 e. The second-order valence-corrected chi connectivity index (χ2v) is 6.04. The highest BCUT2D eigenvalue weighted by molar-refractivity contribution is 7.89. The first-order chi connectivity index (χ1) is 7.84. The molecule has 1 rings (SSSR count). The Hall–Kier alpha value is -0.780. The van der Waals surface area contributed by atoms with Gasteiger partial charge in [-0.2, -0.15) is 4.31 Å². The van der Waals surface area contributed by atoms with Crippen LogP contribution in [0, 0.1) is 6.92 Å². The number of aryl methyl sites for hydroxylation is 1. The van der Waals surface area contributed by atoms with E-state index in [1.807, 2.05) is 0 Å². The van der Waals surface area contributed by atoms with Crippen molar-refractivity contribution in [3.63, 3.8) is 0 Å². The molecule has 4 nitrogen and oxygen atoms in total. The van der Waals surface area contributed by atoms with Gasteiger partial charge in [-0.25, -0.2) is 8.42 Å². The van der Waals surface area contributed by atoms with E-state index in [2.05, 4.69) is 0 Å². The van der Waals surface area contributed by atoms with Crippen LogP contribution in [-0.4, -0.2) is 25.8 Å². The molecule has 0 spiro atoms. The summed E-state index contributed by atoms with van der Waals surface area (Å²) >= 11 is 5.85. The van der Waals surface area contributed by atoms with Crippen LogP contribution in [0.5, 0.6) is 0 Å². The molecule has 17 heavy (non-hydrogen) atoms. The number of hydrogen-bond donors (Lipinski definition) is 1. The molecule has 1 aromatic carbocycles. The second kappa shape index (κ2) is 5.25. The Labute approximate surface area is 107 Å². The zero-order valence-corrected chi connectivity index (χ0v) is 11.8. The zero-order valence-electron chi connectivity index (χ0n) is 10.2. The monoisotopic (exact) mass is 276 g/mol. The predicted octanol–water partition coefficient (Wildman–Crippen LogP) is 2.26. The summed E-state index contributed by atoms with van der Waals surface area (Å²) < 4.78 is 26.0.